The fraction of sp³-hybridized carbons (Fsp3) is 0.0400. The Hall–Kier alpha value is -6.68. The number of ether oxygens (including phenoxy) is 1. The number of aromatic nitrogens is 2. The van der Waals surface area contributed by atoms with Crippen LogP contribution in [0.1, 0.15) is 11.1 Å². The van der Waals surface area contributed by atoms with Gasteiger partial charge < -0.3 is 4.74 Å². The largest absolute Gasteiger partial charge is 0.372 e. The van der Waals surface area contributed by atoms with E-state index in [1.807, 2.05) is 18.5 Å². The average Bonchev–Trinajstić information content (AvgIpc) is 3.43. The average molecular weight is 677 g/mol. The summed E-state index contributed by atoms with van der Waals surface area (Å²) in [4.78, 5) is 9.53. The van der Waals surface area contributed by atoms with Gasteiger partial charge >= 0.3 is 0 Å². The Morgan fingerprint density at radius 3 is 1.68 bits per heavy atom. The first-order chi connectivity index (χ1) is 26.3. The Morgan fingerprint density at radius 2 is 0.962 bits per heavy atom. The molecule has 3 heteroatoms. The minimum atomic E-state index is 0.515. The molecule has 0 atom stereocenters. The van der Waals surface area contributed by atoms with Crippen LogP contribution in [0, 0.1) is 0 Å². The molecule has 9 aromatic rings. The fourth-order valence-electron chi connectivity index (χ4n) is 8.73. The van der Waals surface area contributed by atoms with Crippen LogP contribution >= 0.6 is 0 Å². The van der Waals surface area contributed by atoms with Gasteiger partial charge in [0.05, 0.1) is 24.6 Å². The van der Waals surface area contributed by atoms with Gasteiger partial charge in [0, 0.05) is 29.1 Å². The number of benzene rings is 7. The molecule has 0 saturated carbocycles. The van der Waals surface area contributed by atoms with Crippen LogP contribution in [-0.2, 0) is 18.0 Å². The second-order valence-corrected chi connectivity index (χ2v) is 14.0. The van der Waals surface area contributed by atoms with Crippen molar-refractivity contribution >= 4 is 21.5 Å². The van der Waals surface area contributed by atoms with E-state index in [0.717, 1.165) is 33.6 Å². The van der Waals surface area contributed by atoms with Gasteiger partial charge in [-0.2, -0.15) is 0 Å². The number of pyridine rings is 2. The fourth-order valence-corrected chi connectivity index (χ4v) is 8.73. The maximum atomic E-state index is 6.01. The van der Waals surface area contributed by atoms with Crippen molar-refractivity contribution in [1.82, 2.24) is 9.97 Å². The predicted molar refractivity (Wildman–Crippen MR) is 217 cm³/mol. The first kappa shape index (κ1) is 30.0. The zero-order valence-electron chi connectivity index (χ0n) is 28.9. The van der Waals surface area contributed by atoms with Crippen LogP contribution < -0.4 is 0 Å². The first-order valence-corrected chi connectivity index (χ1v) is 18.2. The summed E-state index contributed by atoms with van der Waals surface area (Å²) in [7, 11) is 0. The van der Waals surface area contributed by atoms with Gasteiger partial charge in [0.25, 0.3) is 0 Å². The number of rotatable bonds is 4. The van der Waals surface area contributed by atoms with Crippen molar-refractivity contribution in [3.63, 3.8) is 0 Å². The molecule has 2 aliphatic rings. The molecule has 1 aliphatic heterocycles. The van der Waals surface area contributed by atoms with Crippen LogP contribution in [0.15, 0.2) is 170 Å². The molecule has 2 aromatic heterocycles. The molecule has 3 nitrogen and oxygen atoms in total. The van der Waals surface area contributed by atoms with Crippen molar-refractivity contribution < 1.29 is 4.74 Å². The number of hydrogen-bond acceptors (Lipinski definition) is 3. The van der Waals surface area contributed by atoms with Gasteiger partial charge in [-0.3, -0.25) is 9.97 Å². The second-order valence-electron chi connectivity index (χ2n) is 14.0. The SMILES string of the molecule is c1ccc(-c2c3c(c(-c4ccccc4)c4ccccc24)-c2ccc(-c4ccc(-c5cnc6c(c5)COCc5cccnc5-6)cc4)c4cccc-3c24)cc1. The zero-order valence-corrected chi connectivity index (χ0v) is 28.9. The monoisotopic (exact) mass is 676 g/mol. The van der Waals surface area contributed by atoms with E-state index in [2.05, 4.69) is 157 Å². The third kappa shape index (κ3) is 4.64. The van der Waals surface area contributed by atoms with E-state index in [-0.39, 0.29) is 0 Å². The van der Waals surface area contributed by atoms with Crippen molar-refractivity contribution in [2.45, 2.75) is 13.2 Å². The lowest BCUT2D eigenvalue weighted by molar-refractivity contribution is 0.109. The standard InChI is InChI=1S/C50H32N2O/c1-3-11-33(12-4-1)44-40-16-7-8-17-41(40)45(34-13-5-2-6-14-34)48-43-25-24-38(39-18-9-19-42(46(39)43)47(44)48)32-22-20-31(21-23-32)36-27-37-30-53-29-35-15-10-26-51-49(35)50(37)52-28-36/h1-28H,29-30H2. The van der Waals surface area contributed by atoms with Crippen LogP contribution in [0.2, 0.25) is 0 Å². The van der Waals surface area contributed by atoms with E-state index in [0.29, 0.717) is 13.2 Å². The molecule has 0 spiro atoms. The van der Waals surface area contributed by atoms with Gasteiger partial charge in [-0.1, -0.05) is 146 Å². The van der Waals surface area contributed by atoms with Gasteiger partial charge in [-0.25, -0.2) is 0 Å². The molecule has 0 bridgehead atoms. The van der Waals surface area contributed by atoms with Crippen LogP contribution in [0.4, 0.5) is 0 Å². The highest BCUT2D eigenvalue weighted by Crippen LogP contribution is 2.58. The Balaban J connectivity index is 1.08. The van der Waals surface area contributed by atoms with E-state index < -0.39 is 0 Å². The maximum absolute atomic E-state index is 6.01. The lowest BCUT2D eigenvalue weighted by Crippen LogP contribution is -1.95. The summed E-state index contributed by atoms with van der Waals surface area (Å²) in [6.45, 7) is 1.06. The molecular weight excluding hydrogens is 645 g/mol. The summed E-state index contributed by atoms with van der Waals surface area (Å²) < 4.78 is 6.01. The van der Waals surface area contributed by atoms with Crippen LogP contribution in [0.3, 0.4) is 0 Å². The summed E-state index contributed by atoms with van der Waals surface area (Å²) in [6, 6.07) is 57.4. The van der Waals surface area contributed by atoms with Gasteiger partial charge in [0.15, 0.2) is 0 Å². The smallest absolute Gasteiger partial charge is 0.0945 e. The molecular formula is C50H32N2O. The molecule has 0 fully saturated rings. The Morgan fingerprint density at radius 1 is 0.377 bits per heavy atom. The topological polar surface area (TPSA) is 35.0 Å². The Kier molecular flexibility index (Phi) is 6.76. The highest BCUT2D eigenvalue weighted by molar-refractivity contribution is 6.28. The number of hydrogen-bond donors (Lipinski definition) is 0. The maximum Gasteiger partial charge on any atom is 0.0945 e. The highest BCUT2D eigenvalue weighted by atomic mass is 16.5. The summed E-state index contributed by atoms with van der Waals surface area (Å²) in [6.07, 6.45) is 3.79. The third-order valence-corrected chi connectivity index (χ3v) is 11.0. The van der Waals surface area contributed by atoms with E-state index in [4.69, 9.17) is 9.72 Å². The van der Waals surface area contributed by atoms with Crippen LogP contribution in [-0.4, -0.2) is 9.97 Å². The molecule has 0 N–H and O–H groups in total. The molecule has 53 heavy (non-hydrogen) atoms. The van der Waals surface area contributed by atoms with Crippen LogP contribution in [0.25, 0.3) is 99.7 Å². The lowest BCUT2D eigenvalue weighted by Gasteiger charge is -2.20. The van der Waals surface area contributed by atoms with E-state index in [9.17, 15) is 0 Å². The van der Waals surface area contributed by atoms with Crippen molar-refractivity contribution in [1.29, 1.82) is 0 Å². The minimum absolute atomic E-state index is 0.515. The second kappa shape index (κ2) is 11.9. The molecule has 0 amide bonds. The first-order valence-electron chi connectivity index (χ1n) is 18.2. The highest BCUT2D eigenvalue weighted by Gasteiger charge is 2.31. The summed E-state index contributed by atoms with van der Waals surface area (Å²) in [5.74, 6) is 0. The van der Waals surface area contributed by atoms with E-state index >= 15 is 0 Å². The lowest BCUT2D eigenvalue weighted by atomic mass is 9.82. The van der Waals surface area contributed by atoms with Crippen molar-refractivity contribution in [3.05, 3.63) is 181 Å². The number of fused-ring (bicyclic) bond motifs is 7. The van der Waals surface area contributed by atoms with E-state index in [1.165, 1.54) is 77.2 Å². The normalized spacial score (nSPS) is 12.7. The molecule has 7 aromatic carbocycles. The molecule has 0 unspecified atom stereocenters. The summed E-state index contributed by atoms with van der Waals surface area (Å²) >= 11 is 0. The van der Waals surface area contributed by atoms with Gasteiger partial charge in [0.2, 0.25) is 0 Å². The number of nitrogens with zero attached hydrogens (tertiary/aromatic N) is 2. The summed E-state index contributed by atoms with van der Waals surface area (Å²) in [5.41, 5.74) is 18.9. The van der Waals surface area contributed by atoms with E-state index in [1.54, 1.807) is 0 Å². The molecule has 11 rings (SSSR count). The Labute approximate surface area is 307 Å². The van der Waals surface area contributed by atoms with Crippen molar-refractivity contribution in [2.24, 2.45) is 0 Å². The Bertz CT molecular complexity index is 2800. The molecule has 0 radical (unpaired) electrons. The summed E-state index contributed by atoms with van der Waals surface area (Å²) in [5, 5.41) is 5.13. The van der Waals surface area contributed by atoms with Gasteiger partial charge in [0.1, 0.15) is 0 Å². The molecule has 3 heterocycles. The third-order valence-electron chi connectivity index (χ3n) is 11.0. The quantitative estimate of drug-likeness (QED) is 0.186. The predicted octanol–water partition coefficient (Wildman–Crippen LogP) is 12.8. The van der Waals surface area contributed by atoms with Crippen molar-refractivity contribution in [3.8, 4) is 78.1 Å². The zero-order chi connectivity index (χ0) is 34.9. The molecule has 1 aliphatic carbocycles. The van der Waals surface area contributed by atoms with Crippen LogP contribution in [0.5, 0.6) is 0 Å². The van der Waals surface area contributed by atoms with Gasteiger partial charge in [-0.15, -0.1) is 0 Å². The van der Waals surface area contributed by atoms with Gasteiger partial charge in [-0.05, 0) is 94.9 Å². The van der Waals surface area contributed by atoms with Crippen molar-refractivity contribution in [2.75, 3.05) is 0 Å². The molecule has 248 valence electrons. The minimum Gasteiger partial charge on any atom is -0.372 e. The molecule has 0 saturated heterocycles.